The van der Waals surface area contributed by atoms with Crippen LogP contribution in [0.3, 0.4) is 0 Å². The molecule has 2 rings (SSSR count). The quantitative estimate of drug-likeness (QED) is 0.851. The van der Waals surface area contributed by atoms with E-state index in [1.165, 1.54) is 4.57 Å². The third kappa shape index (κ3) is 3.16. The van der Waals surface area contributed by atoms with Crippen molar-refractivity contribution in [1.29, 1.82) is 0 Å². The Bertz CT molecular complexity index is 683. The van der Waals surface area contributed by atoms with Gasteiger partial charge in [0.2, 0.25) is 0 Å². The van der Waals surface area contributed by atoms with E-state index in [2.05, 4.69) is 4.98 Å². The number of hydrogen-bond donors (Lipinski definition) is 1. The Balaban J connectivity index is 2.27. The van der Waals surface area contributed by atoms with Crippen molar-refractivity contribution in [2.75, 3.05) is 13.7 Å². The molecule has 0 aliphatic heterocycles. The lowest BCUT2D eigenvalue weighted by molar-refractivity contribution is 0.0519. The fraction of sp³-hybridized carbons (Fsp3) is 0.333. The van der Waals surface area contributed by atoms with Crippen LogP contribution in [0.15, 0.2) is 29.1 Å². The second-order valence-electron chi connectivity index (χ2n) is 4.55. The molecule has 0 radical (unpaired) electrons. The van der Waals surface area contributed by atoms with Crippen molar-refractivity contribution in [2.45, 2.75) is 20.4 Å². The predicted octanol–water partition coefficient (Wildman–Crippen LogP) is 1.72. The molecule has 0 unspecified atom stereocenters. The molecule has 0 fully saturated rings. The summed E-state index contributed by atoms with van der Waals surface area (Å²) in [5.41, 5.74) is 1.38. The number of rotatable bonds is 5. The van der Waals surface area contributed by atoms with Crippen LogP contribution in [0.1, 0.15) is 28.7 Å². The zero-order valence-corrected chi connectivity index (χ0v) is 12.3. The molecule has 1 N–H and O–H groups in total. The molecule has 6 nitrogen and oxygen atoms in total. The molecule has 0 spiro atoms. The van der Waals surface area contributed by atoms with Crippen LogP contribution in [0, 0.1) is 6.92 Å². The maximum Gasteiger partial charge on any atom is 0.356 e. The standard InChI is InChI=1S/C15H18N2O4/c1-4-21-14(18)13-10(2)17(15(19)16-13)9-11-5-7-12(20-3)8-6-11/h5-8H,4,9H2,1-3H3,(H,16,19). The smallest absolute Gasteiger partial charge is 0.356 e. The van der Waals surface area contributed by atoms with Crippen LogP contribution in [0.4, 0.5) is 0 Å². The number of esters is 1. The van der Waals surface area contributed by atoms with Gasteiger partial charge >= 0.3 is 11.7 Å². The number of hydrogen-bond acceptors (Lipinski definition) is 4. The summed E-state index contributed by atoms with van der Waals surface area (Å²) in [6.07, 6.45) is 0. The van der Waals surface area contributed by atoms with E-state index in [1.54, 1.807) is 21.0 Å². The van der Waals surface area contributed by atoms with E-state index in [-0.39, 0.29) is 18.0 Å². The molecule has 2 aromatic rings. The van der Waals surface area contributed by atoms with Crippen LogP contribution in [0.25, 0.3) is 0 Å². The first kappa shape index (κ1) is 14.9. The lowest BCUT2D eigenvalue weighted by Crippen LogP contribution is -2.18. The van der Waals surface area contributed by atoms with Crippen molar-refractivity contribution in [3.63, 3.8) is 0 Å². The third-order valence-electron chi connectivity index (χ3n) is 3.22. The zero-order chi connectivity index (χ0) is 15.4. The largest absolute Gasteiger partial charge is 0.497 e. The van der Waals surface area contributed by atoms with Crippen molar-refractivity contribution >= 4 is 5.97 Å². The Morgan fingerprint density at radius 2 is 1.95 bits per heavy atom. The number of carbonyl (C=O) groups excluding carboxylic acids is 1. The molecule has 21 heavy (non-hydrogen) atoms. The highest BCUT2D eigenvalue weighted by atomic mass is 16.5. The number of aromatic nitrogens is 2. The first-order valence-corrected chi connectivity index (χ1v) is 6.66. The molecular weight excluding hydrogens is 272 g/mol. The lowest BCUT2D eigenvalue weighted by Gasteiger charge is -2.06. The highest BCUT2D eigenvalue weighted by molar-refractivity contribution is 5.88. The number of nitrogens with zero attached hydrogens (tertiary/aromatic N) is 1. The Morgan fingerprint density at radius 1 is 1.29 bits per heavy atom. The molecule has 0 amide bonds. The van der Waals surface area contributed by atoms with Crippen molar-refractivity contribution in [2.24, 2.45) is 0 Å². The Labute approximate surface area is 122 Å². The van der Waals surface area contributed by atoms with Gasteiger partial charge in [0, 0.05) is 0 Å². The van der Waals surface area contributed by atoms with Gasteiger partial charge in [0.1, 0.15) is 11.4 Å². The van der Waals surface area contributed by atoms with Crippen molar-refractivity contribution in [3.05, 3.63) is 51.7 Å². The predicted molar refractivity (Wildman–Crippen MR) is 77.8 cm³/mol. The van der Waals surface area contributed by atoms with Gasteiger partial charge in [-0.1, -0.05) is 12.1 Å². The fourth-order valence-corrected chi connectivity index (χ4v) is 2.06. The average molecular weight is 290 g/mol. The number of carbonyl (C=O) groups is 1. The summed E-state index contributed by atoms with van der Waals surface area (Å²) >= 11 is 0. The maximum atomic E-state index is 12.0. The number of ether oxygens (including phenoxy) is 2. The summed E-state index contributed by atoms with van der Waals surface area (Å²) < 4.78 is 11.5. The van der Waals surface area contributed by atoms with E-state index in [0.717, 1.165) is 11.3 Å². The number of nitrogens with one attached hydrogen (secondary N) is 1. The van der Waals surface area contributed by atoms with Gasteiger partial charge in [0.15, 0.2) is 0 Å². The number of imidazole rings is 1. The highest BCUT2D eigenvalue weighted by Gasteiger charge is 2.17. The molecule has 1 heterocycles. The molecule has 0 atom stereocenters. The number of H-pyrrole nitrogens is 1. The van der Waals surface area contributed by atoms with Crippen LogP contribution in [-0.4, -0.2) is 29.2 Å². The lowest BCUT2D eigenvalue weighted by atomic mass is 10.2. The van der Waals surface area contributed by atoms with Crippen LogP contribution in [0.2, 0.25) is 0 Å². The van der Waals surface area contributed by atoms with Gasteiger partial charge in [-0.3, -0.25) is 9.55 Å². The van der Waals surface area contributed by atoms with Crippen molar-refractivity contribution in [3.8, 4) is 5.75 Å². The van der Waals surface area contributed by atoms with Gasteiger partial charge in [0.25, 0.3) is 0 Å². The summed E-state index contributed by atoms with van der Waals surface area (Å²) in [5.74, 6) is 0.240. The maximum absolute atomic E-state index is 12.0. The second kappa shape index (κ2) is 6.30. The zero-order valence-electron chi connectivity index (χ0n) is 12.3. The van der Waals surface area contributed by atoms with E-state index in [4.69, 9.17) is 9.47 Å². The van der Waals surface area contributed by atoms with Gasteiger partial charge < -0.3 is 9.47 Å². The third-order valence-corrected chi connectivity index (χ3v) is 3.22. The molecule has 112 valence electrons. The van der Waals surface area contributed by atoms with Crippen LogP contribution in [0.5, 0.6) is 5.75 Å². The average Bonchev–Trinajstić information content (AvgIpc) is 2.76. The van der Waals surface area contributed by atoms with Crippen molar-refractivity contribution in [1.82, 2.24) is 9.55 Å². The second-order valence-corrected chi connectivity index (χ2v) is 4.55. The van der Waals surface area contributed by atoms with Crippen molar-refractivity contribution < 1.29 is 14.3 Å². The minimum Gasteiger partial charge on any atom is -0.497 e. The molecular formula is C15H18N2O4. The van der Waals surface area contributed by atoms with E-state index in [0.29, 0.717) is 12.2 Å². The number of benzene rings is 1. The highest BCUT2D eigenvalue weighted by Crippen LogP contribution is 2.13. The summed E-state index contributed by atoms with van der Waals surface area (Å²) in [7, 11) is 1.60. The fourth-order valence-electron chi connectivity index (χ4n) is 2.06. The Morgan fingerprint density at radius 3 is 2.52 bits per heavy atom. The first-order valence-electron chi connectivity index (χ1n) is 6.66. The molecule has 0 saturated carbocycles. The summed E-state index contributed by atoms with van der Waals surface area (Å²) in [6.45, 7) is 4.09. The van der Waals surface area contributed by atoms with Gasteiger partial charge in [-0.2, -0.15) is 0 Å². The van der Waals surface area contributed by atoms with E-state index in [1.807, 2.05) is 24.3 Å². The molecule has 0 saturated heterocycles. The summed E-state index contributed by atoms with van der Waals surface area (Å²) in [5, 5.41) is 0. The minimum atomic E-state index is -0.513. The monoisotopic (exact) mass is 290 g/mol. The van der Waals surface area contributed by atoms with Gasteiger partial charge in [-0.15, -0.1) is 0 Å². The van der Waals surface area contributed by atoms with E-state index < -0.39 is 5.97 Å². The Kier molecular flexibility index (Phi) is 4.47. The van der Waals surface area contributed by atoms with E-state index >= 15 is 0 Å². The molecule has 1 aromatic heterocycles. The summed E-state index contributed by atoms with van der Waals surface area (Å²) in [4.78, 5) is 26.3. The van der Waals surface area contributed by atoms with Crippen LogP contribution >= 0.6 is 0 Å². The Hall–Kier alpha value is -2.50. The van der Waals surface area contributed by atoms with E-state index in [9.17, 15) is 9.59 Å². The first-order chi connectivity index (χ1) is 10.1. The normalized spacial score (nSPS) is 10.4. The van der Waals surface area contributed by atoms with Gasteiger partial charge in [-0.05, 0) is 31.5 Å². The molecule has 0 aliphatic rings. The SMILES string of the molecule is CCOC(=O)c1[nH]c(=O)n(Cc2ccc(OC)cc2)c1C. The number of aromatic amines is 1. The van der Waals surface area contributed by atoms with Gasteiger partial charge in [-0.25, -0.2) is 9.59 Å². The molecule has 1 aromatic carbocycles. The molecule has 6 heteroatoms. The van der Waals surface area contributed by atoms with Gasteiger partial charge in [0.05, 0.1) is 26.0 Å². The number of methoxy groups -OCH3 is 1. The van der Waals surface area contributed by atoms with Crippen LogP contribution < -0.4 is 10.4 Å². The van der Waals surface area contributed by atoms with Crippen LogP contribution in [-0.2, 0) is 11.3 Å². The molecule has 0 aliphatic carbocycles. The molecule has 0 bridgehead atoms. The summed E-state index contributed by atoms with van der Waals surface area (Å²) in [6, 6.07) is 7.41. The minimum absolute atomic E-state index is 0.204. The topological polar surface area (TPSA) is 73.3 Å².